The Bertz CT molecular complexity index is 1250. The lowest BCUT2D eigenvalue weighted by Gasteiger charge is -2.45. The van der Waals surface area contributed by atoms with Gasteiger partial charge in [-0.15, -0.1) is 0 Å². The molecule has 4 fully saturated rings. The lowest BCUT2D eigenvalue weighted by atomic mass is 9.75. The number of hydrogen-bond acceptors (Lipinski definition) is 7. The summed E-state index contributed by atoms with van der Waals surface area (Å²) < 4.78 is 22.9. The topological polar surface area (TPSA) is 83.9 Å². The largest absolute Gasteiger partial charge is 0.324 e. The molecule has 152 valence electrons. The van der Waals surface area contributed by atoms with Gasteiger partial charge in [-0.25, -0.2) is 9.37 Å². The molecule has 2 bridgehead atoms. The highest BCUT2D eigenvalue weighted by Crippen LogP contribution is 2.64. The molecule has 5 aliphatic rings. The molecule has 0 saturated heterocycles. The zero-order valence-corrected chi connectivity index (χ0v) is 17.2. The minimum absolute atomic E-state index is 0.0949. The number of rotatable bonds is 3. The standard InChI is InChI=1S/C21H19FN6OS/c1-10-4-15-16(27-30-26-15)5-14(10)24-19-23-9-12-17(25-19)28(18(29)21(12)2-3-21)20-6-11(7-20)13(22)8-20/h4-5,9,11,13H,2-3,6-8H2,1H3,(H,23,24,25)/t11?,13-,20?/m1/s1. The molecule has 1 N–H and O–H groups in total. The van der Waals surface area contributed by atoms with Crippen molar-refractivity contribution in [3.05, 3.63) is 29.5 Å². The molecule has 3 heterocycles. The number of aryl methyl sites for hydroxylation is 1. The number of hydrogen-bond donors (Lipinski definition) is 1. The number of carbonyl (C=O) groups is 1. The van der Waals surface area contributed by atoms with Gasteiger partial charge in [-0.3, -0.25) is 9.69 Å². The highest BCUT2D eigenvalue weighted by Gasteiger charge is 2.69. The zero-order valence-electron chi connectivity index (χ0n) is 16.4. The van der Waals surface area contributed by atoms with E-state index in [-0.39, 0.29) is 11.8 Å². The van der Waals surface area contributed by atoms with E-state index in [0.717, 1.165) is 53.5 Å². The van der Waals surface area contributed by atoms with Gasteiger partial charge >= 0.3 is 0 Å². The molecule has 2 aromatic heterocycles. The Hall–Kier alpha value is -2.68. The van der Waals surface area contributed by atoms with Gasteiger partial charge in [0.25, 0.3) is 0 Å². The summed E-state index contributed by atoms with van der Waals surface area (Å²) >= 11 is 1.18. The SMILES string of the molecule is Cc1cc2nsnc2cc1Nc1ncc2c(n1)N(C13CC(C1)[C@H](F)C3)C(=O)C21CC1. The molecule has 1 atom stereocenters. The Morgan fingerprint density at radius 1 is 1.20 bits per heavy atom. The number of fused-ring (bicyclic) bond motifs is 4. The summed E-state index contributed by atoms with van der Waals surface area (Å²) in [5.41, 5.74) is 3.61. The maximum atomic E-state index is 14.3. The molecule has 3 aromatic rings. The number of halogens is 1. The highest BCUT2D eigenvalue weighted by atomic mass is 32.1. The van der Waals surface area contributed by atoms with Crippen LogP contribution in [0.15, 0.2) is 18.3 Å². The van der Waals surface area contributed by atoms with Crippen molar-refractivity contribution in [1.82, 2.24) is 18.7 Å². The van der Waals surface area contributed by atoms with Crippen LogP contribution in [0, 0.1) is 12.8 Å². The fraction of sp³-hybridized carbons (Fsp3) is 0.476. The summed E-state index contributed by atoms with van der Waals surface area (Å²) in [6.07, 6.45) is 4.56. The van der Waals surface area contributed by atoms with Crippen LogP contribution in [-0.2, 0) is 10.2 Å². The van der Waals surface area contributed by atoms with Gasteiger partial charge in [0.05, 0.1) is 22.7 Å². The molecule has 4 saturated carbocycles. The van der Waals surface area contributed by atoms with Crippen molar-refractivity contribution < 1.29 is 9.18 Å². The molecule has 1 aromatic carbocycles. The van der Waals surface area contributed by atoms with E-state index in [1.165, 1.54) is 11.7 Å². The van der Waals surface area contributed by atoms with E-state index in [1.807, 2.05) is 24.0 Å². The molecule has 7 nitrogen and oxygen atoms in total. The normalized spacial score (nSPS) is 30.1. The summed E-state index contributed by atoms with van der Waals surface area (Å²) in [4.78, 5) is 24.6. The molecular weight excluding hydrogens is 403 g/mol. The van der Waals surface area contributed by atoms with Gasteiger partial charge in [-0.1, -0.05) is 0 Å². The smallest absolute Gasteiger partial charge is 0.239 e. The number of anilines is 3. The Morgan fingerprint density at radius 2 is 1.97 bits per heavy atom. The molecular formula is C21H19FN6OS. The average Bonchev–Trinajstić information content (AvgIpc) is 2.99. The summed E-state index contributed by atoms with van der Waals surface area (Å²) in [5, 5.41) is 3.29. The fourth-order valence-electron chi connectivity index (χ4n) is 5.75. The third-order valence-electron chi connectivity index (χ3n) is 7.55. The fourth-order valence-corrected chi connectivity index (χ4v) is 6.26. The van der Waals surface area contributed by atoms with Gasteiger partial charge in [0, 0.05) is 23.9 Å². The van der Waals surface area contributed by atoms with Crippen LogP contribution in [0.3, 0.4) is 0 Å². The Labute approximate surface area is 176 Å². The van der Waals surface area contributed by atoms with Crippen LogP contribution in [0.1, 0.15) is 43.2 Å². The number of aromatic nitrogens is 4. The van der Waals surface area contributed by atoms with Crippen molar-refractivity contribution >= 4 is 46.1 Å². The number of alkyl halides is 1. The first-order valence-corrected chi connectivity index (χ1v) is 11.1. The van der Waals surface area contributed by atoms with E-state index in [4.69, 9.17) is 4.98 Å². The second kappa shape index (κ2) is 5.32. The molecule has 1 aliphatic heterocycles. The first kappa shape index (κ1) is 17.0. The van der Waals surface area contributed by atoms with Gasteiger partial charge in [0.15, 0.2) is 0 Å². The summed E-state index contributed by atoms with van der Waals surface area (Å²) in [6.45, 7) is 2.00. The predicted octanol–water partition coefficient (Wildman–Crippen LogP) is 3.80. The van der Waals surface area contributed by atoms with Gasteiger partial charge in [0.2, 0.25) is 11.9 Å². The van der Waals surface area contributed by atoms with Crippen molar-refractivity contribution in [3.63, 3.8) is 0 Å². The van der Waals surface area contributed by atoms with E-state index in [9.17, 15) is 9.18 Å². The lowest BCUT2D eigenvalue weighted by Crippen LogP contribution is -2.55. The molecule has 4 aliphatic carbocycles. The zero-order chi connectivity index (χ0) is 20.3. The minimum Gasteiger partial charge on any atom is -0.324 e. The van der Waals surface area contributed by atoms with Crippen molar-refractivity contribution in [3.8, 4) is 0 Å². The summed E-state index contributed by atoms with van der Waals surface area (Å²) in [7, 11) is 0. The molecule has 30 heavy (non-hydrogen) atoms. The van der Waals surface area contributed by atoms with Crippen LogP contribution in [0.5, 0.6) is 0 Å². The van der Waals surface area contributed by atoms with Crippen molar-refractivity contribution in [2.45, 2.75) is 56.2 Å². The van der Waals surface area contributed by atoms with Gasteiger partial charge < -0.3 is 5.32 Å². The van der Waals surface area contributed by atoms with Crippen molar-refractivity contribution in [1.29, 1.82) is 0 Å². The Balaban J connectivity index is 1.30. The van der Waals surface area contributed by atoms with E-state index in [2.05, 4.69) is 19.0 Å². The van der Waals surface area contributed by atoms with Gasteiger partial charge in [-0.2, -0.15) is 13.7 Å². The molecule has 8 rings (SSSR count). The number of carbonyl (C=O) groups excluding carboxylic acids is 1. The van der Waals surface area contributed by atoms with Crippen LogP contribution in [0.4, 0.5) is 21.8 Å². The lowest BCUT2D eigenvalue weighted by molar-refractivity contribution is -0.122. The number of benzene rings is 1. The van der Waals surface area contributed by atoms with E-state index >= 15 is 0 Å². The average molecular weight is 422 g/mol. The Morgan fingerprint density at radius 3 is 2.67 bits per heavy atom. The third-order valence-corrected chi connectivity index (χ3v) is 8.11. The summed E-state index contributed by atoms with van der Waals surface area (Å²) in [5.74, 6) is 1.31. The molecule has 0 radical (unpaired) electrons. The van der Waals surface area contributed by atoms with Crippen LogP contribution in [0.25, 0.3) is 11.0 Å². The number of amides is 1. The van der Waals surface area contributed by atoms with E-state index in [0.29, 0.717) is 18.2 Å². The van der Waals surface area contributed by atoms with Crippen molar-refractivity contribution in [2.24, 2.45) is 5.92 Å². The molecule has 9 heteroatoms. The van der Waals surface area contributed by atoms with Crippen LogP contribution in [0.2, 0.25) is 0 Å². The quantitative estimate of drug-likeness (QED) is 0.691. The predicted molar refractivity (Wildman–Crippen MR) is 111 cm³/mol. The van der Waals surface area contributed by atoms with Gasteiger partial charge in [0.1, 0.15) is 23.0 Å². The maximum absolute atomic E-state index is 14.3. The molecule has 1 amide bonds. The molecule has 0 unspecified atom stereocenters. The first-order valence-electron chi connectivity index (χ1n) is 10.4. The van der Waals surface area contributed by atoms with Crippen LogP contribution in [-0.4, -0.2) is 36.3 Å². The maximum Gasteiger partial charge on any atom is 0.239 e. The third kappa shape index (κ3) is 2.01. The summed E-state index contributed by atoms with van der Waals surface area (Å²) in [6, 6.07) is 3.92. The monoisotopic (exact) mass is 422 g/mol. The number of nitrogens with zero attached hydrogens (tertiary/aromatic N) is 5. The molecule has 1 spiro atoms. The van der Waals surface area contributed by atoms with Crippen LogP contribution >= 0.6 is 11.7 Å². The second-order valence-corrected chi connectivity index (χ2v) is 9.84. The van der Waals surface area contributed by atoms with E-state index in [1.54, 1.807) is 6.20 Å². The highest BCUT2D eigenvalue weighted by molar-refractivity contribution is 7.00. The second-order valence-electron chi connectivity index (χ2n) is 9.31. The first-order chi connectivity index (χ1) is 14.5. The Kier molecular flexibility index (Phi) is 3.02. The van der Waals surface area contributed by atoms with Gasteiger partial charge in [-0.05, 0) is 56.2 Å². The van der Waals surface area contributed by atoms with Crippen molar-refractivity contribution in [2.75, 3.05) is 10.2 Å². The van der Waals surface area contributed by atoms with Crippen LogP contribution < -0.4 is 10.2 Å². The minimum atomic E-state index is -0.808. The number of nitrogens with one attached hydrogen (secondary N) is 1. The van der Waals surface area contributed by atoms with E-state index < -0.39 is 17.1 Å².